The van der Waals surface area contributed by atoms with Gasteiger partial charge in [0.15, 0.2) is 5.84 Å². The van der Waals surface area contributed by atoms with Crippen LogP contribution in [-0.2, 0) is 4.79 Å². The lowest BCUT2D eigenvalue weighted by molar-refractivity contribution is -0.132. The van der Waals surface area contributed by atoms with Gasteiger partial charge in [0.05, 0.1) is 30.2 Å². The molecule has 172 valence electrons. The molecule has 1 saturated heterocycles. The van der Waals surface area contributed by atoms with E-state index >= 15 is 0 Å². The number of amides is 1. The number of rotatable bonds is 3. The van der Waals surface area contributed by atoms with Crippen LogP contribution in [0.25, 0.3) is 0 Å². The molecule has 0 unspecified atom stereocenters. The third kappa shape index (κ3) is 4.23. The van der Waals surface area contributed by atoms with Crippen LogP contribution in [0.3, 0.4) is 0 Å². The number of hydrogen-bond donors (Lipinski definition) is 0. The van der Waals surface area contributed by atoms with Crippen LogP contribution >= 0.6 is 11.6 Å². The minimum atomic E-state index is -0.714. The van der Waals surface area contributed by atoms with Crippen LogP contribution in [0.5, 0.6) is 0 Å². The number of nitrogens with zero attached hydrogens (tertiary/aromatic N) is 6. The average molecular weight is 473 g/mol. The topological polar surface area (TPSA) is 54.8 Å². The highest BCUT2D eigenvalue weighted by Crippen LogP contribution is 2.32. The zero-order valence-corrected chi connectivity index (χ0v) is 18.9. The Labute approximate surface area is 195 Å². The molecule has 0 bridgehead atoms. The highest BCUT2D eigenvalue weighted by molar-refractivity contribution is 6.32. The molecule has 3 aliphatic heterocycles. The van der Waals surface area contributed by atoms with Crippen LogP contribution in [0, 0.1) is 11.6 Å². The second-order valence-electron chi connectivity index (χ2n) is 8.38. The fraction of sp³-hybridized carbons (Fsp3) is 0.348. The fourth-order valence-electron chi connectivity index (χ4n) is 4.29. The Morgan fingerprint density at radius 3 is 2.52 bits per heavy atom. The number of carbonyl (C=O) groups is 1. The van der Waals surface area contributed by atoms with E-state index in [9.17, 15) is 13.6 Å². The van der Waals surface area contributed by atoms with Gasteiger partial charge in [-0.15, -0.1) is 0 Å². The highest BCUT2D eigenvalue weighted by Gasteiger charge is 2.34. The van der Waals surface area contributed by atoms with Crippen molar-refractivity contribution in [2.45, 2.75) is 0 Å². The standard InChI is InChI=1S/C23H23ClF2N6O/c1-29-7-9-30(10-8-29)14-32-21(33)13-31-19-6-5-15(24)11-16(19)23(27-12-20(31)28-32)22-17(25)3-2-4-18(22)26/h2-6,11H,7-10,12-14H2,1H3. The van der Waals surface area contributed by atoms with Gasteiger partial charge >= 0.3 is 0 Å². The lowest BCUT2D eigenvalue weighted by Crippen LogP contribution is -2.54. The Bertz CT molecular complexity index is 1140. The van der Waals surface area contributed by atoms with Gasteiger partial charge in [0, 0.05) is 36.8 Å². The molecule has 2 aromatic carbocycles. The van der Waals surface area contributed by atoms with E-state index in [0.29, 0.717) is 28.8 Å². The first-order valence-corrected chi connectivity index (χ1v) is 11.1. The van der Waals surface area contributed by atoms with Gasteiger partial charge in [0.2, 0.25) is 0 Å². The molecule has 10 heteroatoms. The van der Waals surface area contributed by atoms with E-state index in [1.807, 2.05) is 0 Å². The molecule has 2 aromatic rings. The number of carbonyl (C=O) groups excluding carboxylic acids is 1. The second kappa shape index (κ2) is 8.81. The highest BCUT2D eigenvalue weighted by atomic mass is 35.5. The molecule has 0 N–H and O–H groups in total. The number of piperazine rings is 1. The molecule has 3 heterocycles. The third-order valence-corrected chi connectivity index (χ3v) is 6.38. The first-order chi connectivity index (χ1) is 15.9. The van der Waals surface area contributed by atoms with Crippen molar-refractivity contribution < 1.29 is 13.6 Å². The van der Waals surface area contributed by atoms with E-state index in [2.05, 4.69) is 26.9 Å². The van der Waals surface area contributed by atoms with Crippen molar-refractivity contribution in [1.82, 2.24) is 14.8 Å². The van der Waals surface area contributed by atoms with Crippen LogP contribution in [0.2, 0.25) is 5.02 Å². The van der Waals surface area contributed by atoms with Gasteiger partial charge in [-0.1, -0.05) is 17.7 Å². The molecule has 7 nitrogen and oxygen atoms in total. The number of benzene rings is 2. The SMILES string of the molecule is CN1CCN(CN2N=C3CN=C(c4c(F)cccc4F)c4cc(Cl)ccc4N3CC2=O)CC1. The van der Waals surface area contributed by atoms with Gasteiger partial charge < -0.3 is 9.80 Å². The maximum atomic E-state index is 14.7. The lowest BCUT2D eigenvalue weighted by atomic mass is 9.99. The summed E-state index contributed by atoms with van der Waals surface area (Å²) in [4.78, 5) is 23.7. The minimum absolute atomic E-state index is 0.0593. The third-order valence-electron chi connectivity index (χ3n) is 6.14. The molecule has 0 atom stereocenters. The molecule has 0 aromatic heterocycles. The Morgan fingerprint density at radius 1 is 1.06 bits per heavy atom. The summed E-state index contributed by atoms with van der Waals surface area (Å²) in [5.41, 5.74) is 0.974. The molecule has 5 rings (SSSR count). The number of hydrazone groups is 1. The van der Waals surface area contributed by atoms with Crippen molar-refractivity contribution in [2.75, 3.05) is 57.9 Å². The zero-order valence-electron chi connectivity index (χ0n) is 18.1. The smallest absolute Gasteiger partial charge is 0.263 e. The van der Waals surface area contributed by atoms with Crippen molar-refractivity contribution >= 4 is 34.7 Å². The van der Waals surface area contributed by atoms with Crippen molar-refractivity contribution in [3.05, 3.63) is 64.2 Å². The summed E-state index contributed by atoms with van der Waals surface area (Å²) in [7, 11) is 2.07. The Morgan fingerprint density at radius 2 is 1.79 bits per heavy atom. The van der Waals surface area contributed by atoms with Crippen LogP contribution in [-0.4, -0.2) is 85.2 Å². The van der Waals surface area contributed by atoms with Crippen molar-refractivity contribution in [3.8, 4) is 0 Å². The van der Waals surface area contributed by atoms with E-state index in [0.717, 1.165) is 26.2 Å². The number of hydrogen-bond acceptors (Lipinski definition) is 6. The maximum absolute atomic E-state index is 14.7. The number of fused-ring (bicyclic) bond motifs is 3. The lowest BCUT2D eigenvalue weighted by Gasteiger charge is -2.37. The molecule has 1 amide bonds. The quantitative estimate of drug-likeness (QED) is 0.689. The Hall–Kier alpha value is -2.88. The average Bonchev–Trinajstić information content (AvgIpc) is 2.92. The largest absolute Gasteiger partial charge is 0.317 e. The van der Waals surface area contributed by atoms with Gasteiger partial charge in [-0.05, 0) is 37.4 Å². The van der Waals surface area contributed by atoms with Crippen LogP contribution in [0.1, 0.15) is 11.1 Å². The van der Waals surface area contributed by atoms with Gasteiger partial charge in [-0.2, -0.15) is 5.10 Å². The second-order valence-corrected chi connectivity index (χ2v) is 8.82. The first-order valence-electron chi connectivity index (χ1n) is 10.8. The van der Waals surface area contributed by atoms with Crippen molar-refractivity contribution in [1.29, 1.82) is 0 Å². The number of amidine groups is 1. The monoisotopic (exact) mass is 472 g/mol. The van der Waals surface area contributed by atoms with Gasteiger partial charge in [-0.25, -0.2) is 13.8 Å². The summed E-state index contributed by atoms with van der Waals surface area (Å²) >= 11 is 6.23. The molecule has 3 aliphatic rings. The van der Waals surface area contributed by atoms with E-state index in [1.165, 1.54) is 23.2 Å². The van der Waals surface area contributed by atoms with Crippen molar-refractivity contribution in [2.24, 2.45) is 10.1 Å². The molecular formula is C23H23ClF2N6O. The summed E-state index contributed by atoms with van der Waals surface area (Å²) < 4.78 is 29.4. The molecule has 33 heavy (non-hydrogen) atoms. The Balaban J connectivity index is 1.54. The van der Waals surface area contributed by atoms with Crippen LogP contribution < -0.4 is 4.90 Å². The van der Waals surface area contributed by atoms with E-state index in [1.54, 1.807) is 23.1 Å². The number of likely N-dealkylation sites (N-methyl/N-ethyl adjacent to an activating group) is 1. The summed E-state index contributed by atoms with van der Waals surface area (Å²) in [5.74, 6) is -1.04. The molecular weight excluding hydrogens is 450 g/mol. The van der Waals surface area contributed by atoms with Crippen molar-refractivity contribution in [3.63, 3.8) is 0 Å². The maximum Gasteiger partial charge on any atom is 0.263 e. The van der Waals surface area contributed by atoms with Crippen LogP contribution in [0.15, 0.2) is 46.5 Å². The predicted octanol–water partition coefficient (Wildman–Crippen LogP) is 2.64. The minimum Gasteiger partial charge on any atom is -0.317 e. The fourth-order valence-corrected chi connectivity index (χ4v) is 4.47. The van der Waals surface area contributed by atoms with Gasteiger partial charge in [0.25, 0.3) is 5.91 Å². The predicted molar refractivity (Wildman–Crippen MR) is 124 cm³/mol. The van der Waals surface area contributed by atoms with E-state index in [4.69, 9.17) is 11.6 Å². The molecule has 0 aliphatic carbocycles. The summed E-state index contributed by atoms with van der Waals surface area (Å²) in [6.45, 7) is 4.10. The molecule has 0 radical (unpaired) electrons. The van der Waals surface area contributed by atoms with Gasteiger partial charge in [-0.3, -0.25) is 14.7 Å². The number of halogens is 3. The van der Waals surface area contributed by atoms with Gasteiger partial charge in [0.1, 0.15) is 18.2 Å². The number of anilines is 1. The molecule has 0 saturated carbocycles. The number of aliphatic imine (C=N–C) groups is 1. The summed E-state index contributed by atoms with van der Waals surface area (Å²) in [6, 6.07) is 8.73. The summed E-state index contributed by atoms with van der Waals surface area (Å²) in [5, 5.41) is 6.47. The molecule has 1 fully saturated rings. The normalized spacial score (nSPS) is 19.6. The van der Waals surface area contributed by atoms with E-state index in [-0.39, 0.29) is 30.3 Å². The molecule has 0 spiro atoms. The zero-order chi connectivity index (χ0) is 23.1. The first kappa shape index (κ1) is 21.9. The Kier molecular flexibility index (Phi) is 5.86. The van der Waals surface area contributed by atoms with Crippen LogP contribution in [0.4, 0.5) is 14.5 Å². The summed E-state index contributed by atoms with van der Waals surface area (Å²) in [6.07, 6.45) is 0. The van der Waals surface area contributed by atoms with E-state index < -0.39 is 11.6 Å².